The number of benzene rings is 1. The number of hydrogen-bond donors (Lipinski definition) is 1. The van der Waals surface area contributed by atoms with Gasteiger partial charge in [0.2, 0.25) is 0 Å². The zero-order valence-electron chi connectivity index (χ0n) is 10.8. The number of alkyl halides is 3. The fourth-order valence-corrected chi connectivity index (χ4v) is 2.15. The van der Waals surface area contributed by atoms with Crippen LogP contribution in [-0.2, 0) is 13.5 Å². The molecule has 19 heavy (non-hydrogen) atoms. The Balaban J connectivity index is 2.22. The molecule has 1 aromatic heterocycles. The van der Waals surface area contributed by atoms with Gasteiger partial charge in [-0.15, -0.1) is 0 Å². The summed E-state index contributed by atoms with van der Waals surface area (Å²) in [6, 6.07) is 6.86. The summed E-state index contributed by atoms with van der Waals surface area (Å²) in [5, 5.41) is 2.71. The van der Waals surface area contributed by atoms with E-state index in [2.05, 4.69) is 10.3 Å². The van der Waals surface area contributed by atoms with Crippen LogP contribution in [0.25, 0.3) is 11.0 Å². The zero-order chi connectivity index (χ0) is 14.0. The van der Waals surface area contributed by atoms with E-state index in [1.54, 1.807) is 7.05 Å². The highest BCUT2D eigenvalue weighted by Gasteiger charge is 2.31. The average Bonchev–Trinajstić information content (AvgIpc) is 2.64. The van der Waals surface area contributed by atoms with Crippen LogP contribution in [0.4, 0.5) is 13.2 Å². The van der Waals surface area contributed by atoms with Gasteiger partial charge in [0.25, 0.3) is 0 Å². The normalized spacial score (nSPS) is 13.9. The number of aryl methyl sites for hydroxylation is 1. The second kappa shape index (κ2) is 5.21. The molecule has 0 aliphatic rings. The maximum atomic E-state index is 12.4. The molecule has 0 aliphatic carbocycles. The van der Waals surface area contributed by atoms with Crippen molar-refractivity contribution < 1.29 is 13.2 Å². The third-order valence-corrected chi connectivity index (χ3v) is 3.19. The average molecular weight is 271 g/mol. The number of aromatic nitrogens is 2. The van der Waals surface area contributed by atoms with Gasteiger partial charge in [-0.1, -0.05) is 12.1 Å². The summed E-state index contributed by atoms with van der Waals surface area (Å²) in [6.07, 6.45) is -4.77. The molecule has 104 valence electrons. The Labute approximate surface area is 109 Å². The molecule has 0 radical (unpaired) electrons. The van der Waals surface area contributed by atoms with Gasteiger partial charge in [0.15, 0.2) is 0 Å². The van der Waals surface area contributed by atoms with Crippen molar-refractivity contribution in [2.24, 2.45) is 7.05 Å². The number of rotatable bonds is 4. The summed E-state index contributed by atoms with van der Waals surface area (Å²) in [6.45, 7) is 0. The van der Waals surface area contributed by atoms with Crippen LogP contribution in [0.5, 0.6) is 0 Å². The molecule has 0 bridgehead atoms. The lowest BCUT2D eigenvalue weighted by Gasteiger charge is -2.17. The van der Waals surface area contributed by atoms with E-state index in [4.69, 9.17) is 0 Å². The van der Waals surface area contributed by atoms with Crippen LogP contribution in [0.3, 0.4) is 0 Å². The molecule has 0 fully saturated rings. The van der Waals surface area contributed by atoms with Crippen LogP contribution in [0.15, 0.2) is 24.3 Å². The van der Waals surface area contributed by atoms with E-state index >= 15 is 0 Å². The molecule has 3 nitrogen and oxygen atoms in total. The van der Waals surface area contributed by atoms with Crippen LogP contribution in [0.2, 0.25) is 0 Å². The van der Waals surface area contributed by atoms with Gasteiger partial charge < -0.3 is 9.88 Å². The van der Waals surface area contributed by atoms with Crippen LogP contribution < -0.4 is 5.32 Å². The quantitative estimate of drug-likeness (QED) is 0.926. The second-order valence-corrected chi connectivity index (χ2v) is 4.58. The highest BCUT2D eigenvalue weighted by atomic mass is 19.4. The zero-order valence-corrected chi connectivity index (χ0v) is 10.8. The fourth-order valence-electron chi connectivity index (χ4n) is 2.15. The number of nitrogens with one attached hydrogen (secondary N) is 1. The van der Waals surface area contributed by atoms with Crippen molar-refractivity contribution in [2.45, 2.75) is 25.1 Å². The number of nitrogens with zero attached hydrogens (tertiary/aromatic N) is 2. The monoisotopic (exact) mass is 271 g/mol. The Morgan fingerprint density at radius 2 is 2.00 bits per heavy atom. The van der Waals surface area contributed by atoms with E-state index in [-0.39, 0.29) is 6.42 Å². The van der Waals surface area contributed by atoms with Crippen molar-refractivity contribution in [2.75, 3.05) is 7.05 Å². The van der Waals surface area contributed by atoms with Crippen molar-refractivity contribution in [1.82, 2.24) is 14.9 Å². The van der Waals surface area contributed by atoms with Crippen molar-refractivity contribution in [3.63, 3.8) is 0 Å². The molecule has 6 heteroatoms. The van der Waals surface area contributed by atoms with Gasteiger partial charge in [0.1, 0.15) is 5.82 Å². The van der Waals surface area contributed by atoms with Crippen LogP contribution in [0.1, 0.15) is 12.2 Å². The minimum atomic E-state index is -4.17. The first-order valence-electron chi connectivity index (χ1n) is 6.05. The molecule has 1 aromatic carbocycles. The summed E-state index contributed by atoms with van der Waals surface area (Å²) in [5.41, 5.74) is 1.74. The summed E-state index contributed by atoms with van der Waals surface area (Å²) in [4.78, 5) is 4.39. The Kier molecular flexibility index (Phi) is 3.80. The topological polar surface area (TPSA) is 29.9 Å². The van der Waals surface area contributed by atoms with E-state index in [0.29, 0.717) is 5.82 Å². The van der Waals surface area contributed by atoms with E-state index in [1.807, 2.05) is 35.9 Å². The van der Waals surface area contributed by atoms with Gasteiger partial charge in [0.05, 0.1) is 17.5 Å². The van der Waals surface area contributed by atoms with Gasteiger partial charge in [-0.05, 0) is 19.2 Å². The summed E-state index contributed by atoms with van der Waals surface area (Å²) < 4.78 is 39.1. The molecule has 0 amide bonds. The lowest BCUT2D eigenvalue weighted by atomic mass is 10.1. The highest BCUT2D eigenvalue weighted by Crippen LogP contribution is 2.23. The molecule has 0 saturated heterocycles. The van der Waals surface area contributed by atoms with Gasteiger partial charge in [-0.25, -0.2) is 4.98 Å². The first kappa shape index (κ1) is 13.9. The van der Waals surface area contributed by atoms with E-state index < -0.39 is 18.6 Å². The number of halogens is 3. The number of hydrogen-bond acceptors (Lipinski definition) is 2. The van der Waals surface area contributed by atoms with Crippen LogP contribution in [-0.4, -0.2) is 28.8 Å². The molecule has 1 heterocycles. The molecule has 1 N–H and O–H groups in total. The van der Waals surface area contributed by atoms with Gasteiger partial charge >= 0.3 is 6.18 Å². The first-order chi connectivity index (χ1) is 8.90. The molecule has 0 aliphatic heterocycles. The molecule has 1 unspecified atom stereocenters. The lowest BCUT2D eigenvalue weighted by molar-refractivity contribution is -0.139. The molecule has 1 atom stereocenters. The van der Waals surface area contributed by atoms with Crippen molar-refractivity contribution in [1.29, 1.82) is 0 Å². The van der Waals surface area contributed by atoms with Gasteiger partial charge in [-0.2, -0.15) is 13.2 Å². The van der Waals surface area contributed by atoms with Crippen molar-refractivity contribution in [3.05, 3.63) is 30.1 Å². The number of para-hydroxylation sites is 2. The van der Waals surface area contributed by atoms with Crippen molar-refractivity contribution >= 4 is 11.0 Å². The third-order valence-electron chi connectivity index (χ3n) is 3.19. The molecule has 0 spiro atoms. The second-order valence-electron chi connectivity index (χ2n) is 4.58. The Bertz CT molecular complexity index is 560. The molecular formula is C13H16F3N3. The summed E-state index contributed by atoms with van der Waals surface area (Å²) in [5.74, 6) is 0.657. The molecular weight excluding hydrogens is 255 g/mol. The largest absolute Gasteiger partial charge is 0.390 e. The van der Waals surface area contributed by atoms with E-state index in [9.17, 15) is 13.2 Å². The van der Waals surface area contributed by atoms with Crippen molar-refractivity contribution in [3.8, 4) is 0 Å². The van der Waals surface area contributed by atoms with Crippen LogP contribution >= 0.6 is 0 Å². The number of likely N-dealkylation sites (N-methyl/N-ethyl adjacent to an activating group) is 1. The van der Waals surface area contributed by atoms with Crippen LogP contribution in [0, 0.1) is 0 Å². The van der Waals surface area contributed by atoms with E-state index in [1.165, 1.54) is 0 Å². The molecule has 2 aromatic rings. The lowest BCUT2D eigenvalue weighted by Crippen LogP contribution is -2.33. The summed E-state index contributed by atoms with van der Waals surface area (Å²) in [7, 11) is 3.37. The standard InChI is InChI=1S/C13H16F3N3/c1-17-9(8-13(14,15)16)7-12-18-10-5-3-4-6-11(10)19(12)2/h3-6,9,17H,7-8H2,1-2H3. The van der Waals surface area contributed by atoms with Gasteiger partial charge in [0, 0.05) is 19.5 Å². The minimum absolute atomic E-state index is 0.251. The minimum Gasteiger partial charge on any atom is -0.331 e. The SMILES string of the molecule is CNC(Cc1nc2ccccc2n1C)CC(F)(F)F. The summed E-state index contributed by atoms with van der Waals surface area (Å²) >= 11 is 0. The Morgan fingerprint density at radius 3 is 2.58 bits per heavy atom. The fraction of sp³-hybridized carbons (Fsp3) is 0.462. The highest BCUT2D eigenvalue weighted by molar-refractivity contribution is 5.75. The molecule has 2 rings (SSSR count). The number of fused-ring (bicyclic) bond motifs is 1. The Morgan fingerprint density at radius 1 is 1.32 bits per heavy atom. The predicted molar refractivity (Wildman–Crippen MR) is 67.9 cm³/mol. The maximum Gasteiger partial charge on any atom is 0.390 e. The smallest absolute Gasteiger partial charge is 0.331 e. The van der Waals surface area contributed by atoms with Gasteiger partial charge in [-0.3, -0.25) is 0 Å². The third kappa shape index (κ3) is 3.26. The van der Waals surface area contributed by atoms with E-state index in [0.717, 1.165) is 11.0 Å². The maximum absolute atomic E-state index is 12.4. The predicted octanol–water partition coefficient (Wildman–Crippen LogP) is 2.66. The molecule has 0 saturated carbocycles. The first-order valence-corrected chi connectivity index (χ1v) is 6.05. The Hall–Kier alpha value is -1.56. The number of imidazole rings is 1.